The van der Waals surface area contributed by atoms with Gasteiger partial charge >= 0.3 is 0 Å². The first-order valence-corrected chi connectivity index (χ1v) is 9.00. The van der Waals surface area contributed by atoms with E-state index < -0.39 is 0 Å². The van der Waals surface area contributed by atoms with Crippen molar-refractivity contribution in [2.45, 2.75) is 6.54 Å². The lowest BCUT2D eigenvalue weighted by Gasteiger charge is -2.07. The van der Waals surface area contributed by atoms with E-state index in [1.54, 1.807) is 7.11 Å². The van der Waals surface area contributed by atoms with Crippen molar-refractivity contribution >= 4 is 11.0 Å². The van der Waals surface area contributed by atoms with E-state index in [1.165, 1.54) is 5.56 Å². The van der Waals surface area contributed by atoms with E-state index in [0.717, 1.165) is 39.9 Å². The highest BCUT2D eigenvalue weighted by atomic mass is 16.5. The maximum Gasteiger partial charge on any atom is 0.214 e. The van der Waals surface area contributed by atoms with E-state index in [0.29, 0.717) is 0 Å². The number of hydrogen-bond donors (Lipinski definition) is 0. The third kappa shape index (κ3) is 3.63. The number of ether oxygens (including phenoxy) is 1. The van der Waals surface area contributed by atoms with Gasteiger partial charge in [0.2, 0.25) is 5.36 Å². The van der Waals surface area contributed by atoms with E-state index in [9.17, 15) is 0 Å². The van der Waals surface area contributed by atoms with Crippen LogP contribution in [0.4, 0.5) is 0 Å². The molecule has 0 N–H and O–H groups in total. The number of rotatable bonds is 4. The second kappa shape index (κ2) is 7.50. The van der Waals surface area contributed by atoms with Crippen LogP contribution in [0.15, 0.2) is 89.3 Å². The van der Waals surface area contributed by atoms with Gasteiger partial charge in [0.1, 0.15) is 24.1 Å². The molecule has 4 aromatic rings. The summed E-state index contributed by atoms with van der Waals surface area (Å²) in [6.45, 7) is 0.811. The van der Waals surface area contributed by atoms with Crippen molar-refractivity contribution in [3.63, 3.8) is 0 Å². The van der Waals surface area contributed by atoms with Crippen LogP contribution in [0.3, 0.4) is 0 Å². The summed E-state index contributed by atoms with van der Waals surface area (Å²) >= 11 is 0. The third-order valence-corrected chi connectivity index (χ3v) is 4.68. The topological polar surface area (TPSA) is 25.4 Å². The number of nitrogens with zero attached hydrogens (tertiary/aromatic N) is 1. The van der Waals surface area contributed by atoms with Crippen LogP contribution < -0.4 is 14.7 Å². The van der Waals surface area contributed by atoms with Gasteiger partial charge in [0.25, 0.3) is 0 Å². The number of benzene rings is 3. The molecule has 0 spiro atoms. The van der Waals surface area contributed by atoms with Gasteiger partial charge in [-0.05, 0) is 18.2 Å². The molecular weight excluding hydrogens is 334 g/mol. The minimum atomic E-state index is 0.811. The van der Waals surface area contributed by atoms with E-state index >= 15 is 0 Å². The standard InChI is InChI=1S/C24H22NO2/c1-25(17-18-9-5-3-6-10-18)22-16-24(19-11-7-4-8-12-19)27-23-14-13-20(26-2)15-21(22)23/h3-16H,17H2,1-2H3/q+1. The Morgan fingerprint density at radius 2 is 1.56 bits per heavy atom. The average Bonchev–Trinajstić information content (AvgIpc) is 2.74. The Kier molecular flexibility index (Phi) is 4.75. The van der Waals surface area contributed by atoms with Gasteiger partial charge in [-0.1, -0.05) is 60.7 Å². The lowest BCUT2D eigenvalue weighted by molar-refractivity contribution is 0.415. The Labute approximate surface area is 158 Å². The molecule has 0 radical (unpaired) electrons. The lowest BCUT2D eigenvalue weighted by atomic mass is 10.1. The van der Waals surface area contributed by atoms with Gasteiger partial charge in [-0.15, -0.1) is 0 Å². The molecule has 27 heavy (non-hydrogen) atoms. The van der Waals surface area contributed by atoms with Gasteiger partial charge < -0.3 is 9.15 Å². The van der Waals surface area contributed by atoms with Gasteiger partial charge in [-0.25, -0.2) is 4.58 Å². The summed E-state index contributed by atoms with van der Waals surface area (Å²) in [7, 11) is 3.79. The lowest BCUT2D eigenvalue weighted by Crippen LogP contribution is -2.26. The SMILES string of the molecule is COc1ccc2oc(-c3ccccc3)cc(=[N+](C)Cc3ccccc3)c2c1. The first-order chi connectivity index (χ1) is 13.2. The van der Waals surface area contributed by atoms with Crippen molar-refractivity contribution < 1.29 is 9.15 Å². The van der Waals surface area contributed by atoms with Crippen LogP contribution in [-0.4, -0.2) is 14.2 Å². The Morgan fingerprint density at radius 1 is 0.852 bits per heavy atom. The minimum Gasteiger partial charge on any atom is -0.497 e. The summed E-state index contributed by atoms with van der Waals surface area (Å²) in [5.74, 6) is 1.67. The summed E-state index contributed by atoms with van der Waals surface area (Å²) in [5.41, 5.74) is 3.16. The highest BCUT2D eigenvalue weighted by molar-refractivity contribution is 5.80. The van der Waals surface area contributed by atoms with Gasteiger partial charge in [0, 0.05) is 11.1 Å². The highest BCUT2D eigenvalue weighted by Crippen LogP contribution is 2.24. The molecule has 0 aliphatic heterocycles. The summed E-state index contributed by atoms with van der Waals surface area (Å²) in [6.07, 6.45) is 0. The van der Waals surface area contributed by atoms with Crippen molar-refractivity contribution in [3.05, 3.63) is 95.8 Å². The summed E-state index contributed by atoms with van der Waals surface area (Å²) in [4.78, 5) is 0. The van der Waals surface area contributed by atoms with E-state index in [-0.39, 0.29) is 0 Å². The fraction of sp³-hybridized carbons (Fsp3) is 0.125. The summed E-state index contributed by atoms with van der Waals surface area (Å²) < 4.78 is 13.9. The molecule has 0 saturated heterocycles. The molecule has 0 unspecified atom stereocenters. The largest absolute Gasteiger partial charge is 0.497 e. The van der Waals surface area contributed by atoms with Crippen LogP contribution in [0.1, 0.15) is 5.56 Å². The fourth-order valence-electron chi connectivity index (χ4n) is 3.28. The quantitative estimate of drug-likeness (QED) is 0.495. The van der Waals surface area contributed by atoms with Gasteiger partial charge in [0.05, 0.1) is 18.6 Å². The van der Waals surface area contributed by atoms with Crippen molar-refractivity contribution in [2.75, 3.05) is 14.2 Å². The minimum absolute atomic E-state index is 0.811. The summed E-state index contributed by atoms with van der Waals surface area (Å²) in [6, 6.07) is 28.7. The first-order valence-electron chi connectivity index (χ1n) is 9.00. The first kappa shape index (κ1) is 17.1. The molecule has 0 amide bonds. The number of hydrogen-bond acceptors (Lipinski definition) is 2. The maximum absolute atomic E-state index is 6.21. The van der Waals surface area contributed by atoms with E-state index in [4.69, 9.17) is 9.15 Å². The van der Waals surface area contributed by atoms with Gasteiger partial charge in [-0.3, -0.25) is 0 Å². The van der Waals surface area contributed by atoms with Gasteiger partial charge in [0.15, 0.2) is 6.54 Å². The van der Waals surface area contributed by atoms with Crippen molar-refractivity contribution in [3.8, 4) is 17.1 Å². The number of fused-ring (bicyclic) bond motifs is 1. The second-order valence-corrected chi connectivity index (χ2v) is 6.57. The van der Waals surface area contributed by atoms with Gasteiger partial charge in [-0.2, -0.15) is 0 Å². The molecule has 3 heteroatoms. The molecule has 3 nitrogen and oxygen atoms in total. The Morgan fingerprint density at radius 3 is 2.26 bits per heavy atom. The Bertz CT molecular complexity index is 1130. The zero-order valence-electron chi connectivity index (χ0n) is 15.6. The van der Waals surface area contributed by atoms with E-state index in [2.05, 4.69) is 54.1 Å². The normalized spacial score (nSPS) is 12.1. The molecule has 134 valence electrons. The zero-order valence-corrected chi connectivity index (χ0v) is 15.6. The predicted molar refractivity (Wildman–Crippen MR) is 110 cm³/mol. The Hall–Kier alpha value is -3.33. The maximum atomic E-state index is 6.21. The molecule has 3 aromatic carbocycles. The monoisotopic (exact) mass is 356 g/mol. The molecular formula is C24H22NO2+. The van der Waals surface area contributed by atoms with Crippen molar-refractivity contribution in [2.24, 2.45) is 0 Å². The second-order valence-electron chi connectivity index (χ2n) is 6.57. The van der Waals surface area contributed by atoms with Crippen LogP contribution >= 0.6 is 0 Å². The average molecular weight is 356 g/mol. The molecule has 4 rings (SSSR count). The van der Waals surface area contributed by atoms with Crippen LogP contribution in [-0.2, 0) is 6.54 Å². The fourth-order valence-corrected chi connectivity index (χ4v) is 3.28. The van der Waals surface area contributed by atoms with Crippen LogP contribution in [0.5, 0.6) is 5.75 Å². The van der Waals surface area contributed by atoms with E-state index in [1.807, 2.05) is 42.5 Å². The molecule has 0 fully saturated rings. The number of methoxy groups -OCH3 is 1. The molecule has 0 atom stereocenters. The molecule has 0 saturated carbocycles. The molecule has 1 heterocycles. The predicted octanol–water partition coefficient (Wildman–Crippen LogP) is 4.71. The molecule has 0 aliphatic carbocycles. The van der Waals surface area contributed by atoms with Crippen LogP contribution in [0.2, 0.25) is 0 Å². The smallest absolute Gasteiger partial charge is 0.214 e. The molecule has 0 bridgehead atoms. The van der Waals surface area contributed by atoms with Crippen LogP contribution in [0, 0.1) is 0 Å². The Balaban J connectivity index is 1.96. The molecule has 0 aliphatic rings. The third-order valence-electron chi connectivity index (χ3n) is 4.68. The van der Waals surface area contributed by atoms with Crippen molar-refractivity contribution in [1.29, 1.82) is 0 Å². The van der Waals surface area contributed by atoms with Crippen molar-refractivity contribution in [1.82, 2.24) is 4.58 Å². The molecule has 1 aromatic heterocycles. The highest BCUT2D eigenvalue weighted by Gasteiger charge is 2.12. The zero-order chi connectivity index (χ0) is 18.6. The van der Waals surface area contributed by atoms with Crippen LogP contribution in [0.25, 0.3) is 22.3 Å². The summed E-state index contributed by atoms with van der Waals surface area (Å²) in [5, 5.41) is 2.14.